The van der Waals surface area contributed by atoms with E-state index in [2.05, 4.69) is 0 Å². The Morgan fingerprint density at radius 1 is 1.57 bits per heavy atom. The second kappa shape index (κ2) is 6.40. The van der Waals surface area contributed by atoms with Crippen LogP contribution >= 0.6 is 17.0 Å². The minimum absolute atomic E-state index is 0. The van der Waals surface area contributed by atoms with Gasteiger partial charge in [-0.1, -0.05) is 6.92 Å². The molecule has 0 rings (SSSR count). The average Bonchev–Trinajstić information content (AvgIpc) is 1.65. The Kier molecular flexibility index (Phi) is 9.50. The van der Waals surface area contributed by atoms with E-state index in [-0.39, 0.29) is 23.6 Å². The second-order valence-electron chi connectivity index (χ2n) is 1.24. The lowest BCUT2D eigenvalue weighted by atomic mass is 10.3. The monoisotopic (exact) mass is 170 g/mol. The molecule has 1 unspecified atom stereocenters. The van der Waals surface area contributed by atoms with E-state index in [4.69, 9.17) is 10.2 Å². The average molecular weight is 171 g/mol. The molecule has 0 heterocycles. The number of aliphatic hydroxyl groups excluding tert-OH is 2. The summed E-state index contributed by atoms with van der Waals surface area (Å²) in [5.74, 6) is 0. The van der Waals surface area contributed by atoms with E-state index in [0.29, 0.717) is 6.42 Å². The lowest BCUT2D eigenvalue weighted by molar-refractivity contribution is 0.0923. The minimum Gasteiger partial charge on any atom is -0.394 e. The zero-order valence-electron chi connectivity index (χ0n) is 4.29. The SMILES string of the molecule is Br.CCC(O)CO. The molecule has 1 atom stereocenters. The zero-order chi connectivity index (χ0) is 4.99. The molecule has 7 heavy (non-hydrogen) atoms. The van der Waals surface area contributed by atoms with Crippen molar-refractivity contribution in [3.63, 3.8) is 0 Å². The van der Waals surface area contributed by atoms with Gasteiger partial charge < -0.3 is 10.2 Å². The van der Waals surface area contributed by atoms with Crippen LogP contribution in [-0.4, -0.2) is 22.9 Å². The van der Waals surface area contributed by atoms with Crippen molar-refractivity contribution in [3.05, 3.63) is 0 Å². The van der Waals surface area contributed by atoms with E-state index >= 15 is 0 Å². The van der Waals surface area contributed by atoms with Crippen molar-refractivity contribution in [2.75, 3.05) is 6.61 Å². The number of hydrogen-bond donors (Lipinski definition) is 2. The molecule has 0 aliphatic heterocycles. The summed E-state index contributed by atoms with van der Waals surface area (Å²) in [7, 11) is 0. The number of aliphatic hydroxyl groups is 2. The standard InChI is InChI=1S/C4H10O2.BrH/c1-2-4(6)3-5;/h4-6H,2-3H2,1H3;1H. The summed E-state index contributed by atoms with van der Waals surface area (Å²) in [4.78, 5) is 0. The molecule has 2 N–H and O–H groups in total. The van der Waals surface area contributed by atoms with E-state index in [0.717, 1.165) is 0 Å². The van der Waals surface area contributed by atoms with E-state index in [1.807, 2.05) is 6.92 Å². The predicted molar refractivity (Wildman–Crippen MR) is 33.7 cm³/mol. The largest absolute Gasteiger partial charge is 0.394 e. The molecule has 0 aromatic carbocycles. The van der Waals surface area contributed by atoms with Crippen molar-refractivity contribution in [3.8, 4) is 0 Å². The van der Waals surface area contributed by atoms with Crippen LogP contribution < -0.4 is 0 Å². The highest BCUT2D eigenvalue weighted by Gasteiger charge is 1.92. The van der Waals surface area contributed by atoms with E-state index in [1.165, 1.54) is 0 Å². The van der Waals surface area contributed by atoms with Crippen LogP contribution in [0.2, 0.25) is 0 Å². The third-order valence-electron chi connectivity index (χ3n) is 0.682. The van der Waals surface area contributed by atoms with E-state index < -0.39 is 6.10 Å². The lowest BCUT2D eigenvalue weighted by Crippen LogP contribution is -2.08. The molecule has 0 saturated carbocycles. The Hall–Kier alpha value is 0.400. The molecule has 0 bridgehead atoms. The number of halogens is 1. The molecule has 46 valence electrons. The second-order valence-corrected chi connectivity index (χ2v) is 1.24. The molecule has 0 saturated heterocycles. The molecule has 0 aliphatic carbocycles. The quantitative estimate of drug-likeness (QED) is 0.628. The van der Waals surface area contributed by atoms with Gasteiger partial charge in [0.15, 0.2) is 0 Å². The van der Waals surface area contributed by atoms with Crippen LogP contribution in [0.5, 0.6) is 0 Å². The highest BCUT2D eigenvalue weighted by Crippen LogP contribution is 1.83. The molecule has 0 radical (unpaired) electrons. The lowest BCUT2D eigenvalue weighted by Gasteiger charge is -1.97. The van der Waals surface area contributed by atoms with Gasteiger partial charge in [-0.05, 0) is 6.42 Å². The molecule has 0 aromatic heterocycles. The number of hydrogen-bond acceptors (Lipinski definition) is 2. The van der Waals surface area contributed by atoms with E-state index in [1.54, 1.807) is 0 Å². The third kappa shape index (κ3) is 6.40. The van der Waals surface area contributed by atoms with Crippen molar-refractivity contribution in [2.24, 2.45) is 0 Å². The fourth-order valence-electron chi connectivity index (χ4n) is 0.129. The van der Waals surface area contributed by atoms with Gasteiger partial charge in [-0.15, -0.1) is 17.0 Å². The van der Waals surface area contributed by atoms with Crippen LogP contribution in [0, 0.1) is 0 Å². The summed E-state index contributed by atoms with van der Waals surface area (Å²) in [6.07, 6.45) is 0.126. The summed E-state index contributed by atoms with van der Waals surface area (Å²) in [5, 5.41) is 16.5. The van der Waals surface area contributed by atoms with Crippen LogP contribution in [-0.2, 0) is 0 Å². The minimum atomic E-state index is -0.509. The summed E-state index contributed by atoms with van der Waals surface area (Å²) >= 11 is 0. The van der Waals surface area contributed by atoms with Crippen LogP contribution in [0.3, 0.4) is 0 Å². The van der Waals surface area contributed by atoms with Crippen molar-refractivity contribution in [1.29, 1.82) is 0 Å². The Bertz CT molecular complexity index is 28.9. The maximum Gasteiger partial charge on any atom is 0.0768 e. The van der Waals surface area contributed by atoms with Crippen LogP contribution in [0.25, 0.3) is 0 Å². The topological polar surface area (TPSA) is 40.5 Å². The van der Waals surface area contributed by atoms with Gasteiger partial charge in [-0.2, -0.15) is 0 Å². The van der Waals surface area contributed by atoms with Crippen LogP contribution in [0.15, 0.2) is 0 Å². The molecular formula is C4H11BrO2. The summed E-state index contributed by atoms with van der Waals surface area (Å²) < 4.78 is 0. The maximum atomic E-state index is 8.42. The Labute approximate surface area is 53.9 Å². The Balaban J connectivity index is 0. The Morgan fingerprint density at radius 2 is 2.00 bits per heavy atom. The summed E-state index contributed by atoms with van der Waals surface area (Å²) in [5.41, 5.74) is 0. The maximum absolute atomic E-state index is 8.42. The van der Waals surface area contributed by atoms with Gasteiger partial charge in [0.25, 0.3) is 0 Å². The van der Waals surface area contributed by atoms with Crippen molar-refractivity contribution >= 4 is 17.0 Å². The third-order valence-corrected chi connectivity index (χ3v) is 0.682. The van der Waals surface area contributed by atoms with Crippen molar-refractivity contribution < 1.29 is 10.2 Å². The fourth-order valence-corrected chi connectivity index (χ4v) is 0.129. The molecule has 3 heteroatoms. The molecule has 0 amide bonds. The fraction of sp³-hybridized carbons (Fsp3) is 1.00. The smallest absolute Gasteiger partial charge is 0.0768 e. The van der Waals surface area contributed by atoms with Crippen LogP contribution in [0.1, 0.15) is 13.3 Å². The molecular weight excluding hydrogens is 160 g/mol. The van der Waals surface area contributed by atoms with Crippen molar-refractivity contribution in [2.45, 2.75) is 19.4 Å². The highest BCUT2D eigenvalue weighted by molar-refractivity contribution is 8.93. The molecule has 0 aromatic rings. The zero-order valence-corrected chi connectivity index (χ0v) is 6.01. The summed E-state index contributed by atoms with van der Waals surface area (Å²) in [6.45, 7) is 1.71. The predicted octanol–water partition coefficient (Wildman–Crippen LogP) is 0.327. The first kappa shape index (κ1) is 10.4. The first-order chi connectivity index (χ1) is 2.81. The molecule has 0 spiro atoms. The number of rotatable bonds is 2. The van der Waals surface area contributed by atoms with Gasteiger partial charge in [0.05, 0.1) is 12.7 Å². The first-order valence-corrected chi connectivity index (χ1v) is 2.10. The molecule has 0 fully saturated rings. The normalized spacial score (nSPS) is 12.4. The van der Waals surface area contributed by atoms with Gasteiger partial charge in [-0.3, -0.25) is 0 Å². The van der Waals surface area contributed by atoms with Gasteiger partial charge in [0.2, 0.25) is 0 Å². The highest BCUT2D eigenvalue weighted by atomic mass is 79.9. The Morgan fingerprint density at radius 3 is 2.00 bits per heavy atom. The van der Waals surface area contributed by atoms with Gasteiger partial charge in [0, 0.05) is 0 Å². The molecule has 2 nitrogen and oxygen atoms in total. The summed E-state index contributed by atoms with van der Waals surface area (Å²) in [6, 6.07) is 0. The van der Waals surface area contributed by atoms with Gasteiger partial charge in [0.1, 0.15) is 0 Å². The van der Waals surface area contributed by atoms with Crippen LogP contribution in [0.4, 0.5) is 0 Å². The van der Waals surface area contributed by atoms with Gasteiger partial charge >= 0.3 is 0 Å². The first-order valence-electron chi connectivity index (χ1n) is 2.10. The van der Waals surface area contributed by atoms with Gasteiger partial charge in [-0.25, -0.2) is 0 Å². The molecule has 0 aliphatic rings. The van der Waals surface area contributed by atoms with Crippen molar-refractivity contribution in [1.82, 2.24) is 0 Å². The van der Waals surface area contributed by atoms with E-state index in [9.17, 15) is 0 Å².